The maximum Gasteiger partial charge on any atom is 1.00 e. The van der Waals surface area contributed by atoms with Crippen molar-refractivity contribution in [3.8, 4) is 0 Å². The van der Waals surface area contributed by atoms with Gasteiger partial charge in [-0.25, -0.2) is 0 Å². The minimum atomic E-state index is 0. The van der Waals surface area contributed by atoms with Crippen LogP contribution in [0.1, 0.15) is 50.2 Å². The molecule has 0 aliphatic carbocycles. The first-order valence-corrected chi connectivity index (χ1v) is 8.05. The molecular formula is C18H24ClNO2. The third kappa shape index (κ3) is 3.53. The highest BCUT2D eigenvalue weighted by Gasteiger charge is 2.20. The van der Waals surface area contributed by atoms with Gasteiger partial charge in [0.25, 0.3) is 0 Å². The summed E-state index contributed by atoms with van der Waals surface area (Å²) in [4.78, 5) is 15.1. The fourth-order valence-corrected chi connectivity index (χ4v) is 3.22. The Labute approximate surface area is 139 Å². The lowest BCUT2D eigenvalue weighted by molar-refractivity contribution is -0.0000132. The molecule has 3 rings (SSSR count). The van der Waals surface area contributed by atoms with Crippen molar-refractivity contribution >= 4 is 16.8 Å². The van der Waals surface area contributed by atoms with Crippen LogP contribution in [0, 0.1) is 0 Å². The molecule has 0 N–H and O–H groups in total. The average Bonchev–Trinajstić information content (AvgIpc) is 2.92. The molecule has 1 aliphatic heterocycles. The number of ketones is 1. The Morgan fingerprint density at radius 1 is 1.23 bits per heavy atom. The van der Waals surface area contributed by atoms with Crippen molar-refractivity contribution in [2.75, 3.05) is 19.6 Å². The van der Waals surface area contributed by atoms with E-state index in [2.05, 4.69) is 4.90 Å². The lowest BCUT2D eigenvalue weighted by Crippen LogP contribution is -3.00. The van der Waals surface area contributed by atoms with E-state index in [9.17, 15) is 4.79 Å². The largest absolute Gasteiger partial charge is 1.00 e. The Balaban J connectivity index is 0.00000132. The van der Waals surface area contributed by atoms with Crippen molar-refractivity contribution in [3.05, 3.63) is 35.6 Å². The summed E-state index contributed by atoms with van der Waals surface area (Å²) in [5, 5.41) is 0.970. The van der Waals surface area contributed by atoms with E-state index in [4.69, 9.17) is 4.42 Å². The van der Waals surface area contributed by atoms with Crippen LogP contribution in [0.15, 0.2) is 28.7 Å². The number of Topliss-reactive ketones (excluding diaryl/α,β-unsaturated/α-hetero) is 1. The number of halogens is 1. The number of aryl methyl sites for hydroxylation is 1. The molecule has 2 heterocycles. The van der Waals surface area contributed by atoms with Gasteiger partial charge in [0.05, 0.1) is 5.56 Å². The van der Waals surface area contributed by atoms with E-state index in [0.29, 0.717) is 6.42 Å². The van der Waals surface area contributed by atoms with Crippen molar-refractivity contribution in [1.82, 2.24) is 4.90 Å². The SMILES string of the molecule is CCc1oc2ccccc2c1C(=O)CCN1CCCCC1.[Cl-].[H+]. The second-order valence-corrected chi connectivity index (χ2v) is 5.83. The highest BCUT2D eigenvalue weighted by atomic mass is 35.5. The first-order valence-electron chi connectivity index (χ1n) is 8.05. The summed E-state index contributed by atoms with van der Waals surface area (Å²) in [5.74, 6) is 1.06. The van der Waals surface area contributed by atoms with E-state index >= 15 is 0 Å². The summed E-state index contributed by atoms with van der Waals surface area (Å²) in [7, 11) is 0. The molecule has 1 fully saturated rings. The molecule has 0 amide bonds. The molecule has 0 spiro atoms. The summed E-state index contributed by atoms with van der Waals surface area (Å²) in [5.41, 5.74) is 1.64. The van der Waals surface area contributed by atoms with Crippen LogP contribution in [-0.4, -0.2) is 30.3 Å². The molecule has 1 saturated heterocycles. The number of likely N-dealkylation sites (tertiary alicyclic amines) is 1. The molecule has 2 aromatic rings. The summed E-state index contributed by atoms with van der Waals surface area (Å²) in [6.45, 7) is 5.20. The Bertz CT molecular complexity index is 635. The zero-order valence-electron chi connectivity index (χ0n) is 14.1. The Hall–Kier alpha value is -1.32. The van der Waals surface area contributed by atoms with Gasteiger partial charge in [0.2, 0.25) is 0 Å². The molecule has 4 heteroatoms. The first kappa shape index (κ1) is 17.0. The van der Waals surface area contributed by atoms with E-state index in [1.807, 2.05) is 31.2 Å². The molecule has 0 saturated carbocycles. The third-order valence-electron chi connectivity index (χ3n) is 4.37. The second-order valence-electron chi connectivity index (χ2n) is 5.83. The second kappa shape index (κ2) is 7.80. The van der Waals surface area contributed by atoms with Gasteiger partial charge in [-0.05, 0) is 32.0 Å². The number of rotatable bonds is 5. The molecule has 0 unspecified atom stereocenters. The van der Waals surface area contributed by atoms with Crippen molar-refractivity contribution in [1.29, 1.82) is 0 Å². The van der Waals surface area contributed by atoms with Crippen LogP contribution in [0.25, 0.3) is 11.0 Å². The molecule has 0 radical (unpaired) electrons. The smallest absolute Gasteiger partial charge is 1.00 e. The zero-order valence-corrected chi connectivity index (χ0v) is 13.9. The lowest BCUT2D eigenvalue weighted by Gasteiger charge is -2.25. The van der Waals surface area contributed by atoms with Crippen LogP contribution in [0.3, 0.4) is 0 Å². The molecule has 0 bridgehead atoms. The number of nitrogens with zero attached hydrogens (tertiary/aromatic N) is 1. The molecule has 1 aromatic heterocycles. The number of hydrogen-bond acceptors (Lipinski definition) is 3. The lowest BCUT2D eigenvalue weighted by atomic mass is 10.0. The first-order chi connectivity index (χ1) is 10.3. The van der Waals surface area contributed by atoms with E-state index in [1.165, 1.54) is 19.3 Å². The molecule has 0 atom stereocenters. The standard InChI is InChI=1S/C18H23NO2.ClH/c1-2-16-18(14-8-4-5-9-17(14)21-16)15(20)10-13-19-11-6-3-7-12-19;/h4-5,8-9H,2-3,6-7,10-13H2,1H3;1H. The number of furan rings is 1. The molecular weight excluding hydrogens is 298 g/mol. The van der Waals surface area contributed by atoms with Gasteiger partial charge in [-0.2, -0.15) is 0 Å². The topological polar surface area (TPSA) is 33.5 Å². The van der Waals surface area contributed by atoms with Gasteiger partial charge in [-0.3, -0.25) is 4.79 Å². The fourth-order valence-electron chi connectivity index (χ4n) is 3.22. The monoisotopic (exact) mass is 321 g/mol. The van der Waals surface area contributed by atoms with Gasteiger partial charge >= 0.3 is 1.43 Å². The quantitative estimate of drug-likeness (QED) is 0.775. The van der Waals surface area contributed by atoms with Crippen LogP contribution in [0.4, 0.5) is 0 Å². The third-order valence-corrected chi connectivity index (χ3v) is 4.37. The summed E-state index contributed by atoms with van der Waals surface area (Å²) in [6, 6.07) is 7.86. The van der Waals surface area contributed by atoms with E-state index in [0.717, 1.165) is 48.3 Å². The highest BCUT2D eigenvalue weighted by molar-refractivity contribution is 6.08. The molecule has 22 heavy (non-hydrogen) atoms. The minimum Gasteiger partial charge on any atom is -1.00 e. The maximum absolute atomic E-state index is 12.7. The van der Waals surface area contributed by atoms with Gasteiger partial charge in [0, 0.05) is 24.8 Å². The highest BCUT2D eigenvalue weighted by Crippen LogP contribution is 2.27. The summed E-state index contributed by atoms with van der Waals surface area (Å²) >= 11 is 0. The van der Waals surface area contributed by atoms with Crippen LogP contribution >= 0.6 is 0 Å². The van der Waals surface area contributed by atoms with Gasteiger partial charge in [0.1, 0.15) is 11.3 Å². The van der Waals surface area contributed by atoms with Crippen LogP contribution < -0.4 is 12.4 Å². The van der Waals surface area contributed by atoms with E-state index in [-0.39, 0.29) is 19.6 Å². The van der Waals surface area contributed by atoms with Gasteiger partial charge in [-0.15, -0.1) is 0 Å². The van der Waals surface area contributed by atoms with Crippen LogP contribution in [-0.2, 0) is 6.42 Å². The number of hydrogen-bond donors (Lipinski definition) is 0. The molecule has 120 valence electrons. The van der Waals surface area contributed by atoms with Gasteiger partial charge in [0.15, 0.2) is 5.78 Å². The summed E-state index contributed by atoms with van der Waals surface area (Å²) in [6.07, 6.45) is 5.22. The maximum atomic E-state index is 12.7. The van der Waals surface area contributed by atoms with Crippen molar-refractivity contribution in [2.45, 2.75) is 39.0 Å². The van der Waals surface area contributed by atoms with Crippen molar-refractivity contribution in [3.63, 3.8) is 0 Å². The number of para-hydroxylation sites is 1. The number of piperidine rings is 1. The molecule has 1 aliphatic rings. The van der Waals surface area contributed by atoms with E-state index < -0.39 is 0 Å². The Morgan fingerprint density at radius 3 is 2.68 bits per heavy atom. The van der Waals surface area contributed by atoms with Gasteiger partial charge < -0.3 is 21.7 Å². The van der Waals surface area contributed by atoms with Crippen LogP contribution in [0.2, 0.25) is 0 Å². The van der Waals surface area contributed by atoms with Crippen molar-refractivity contribution in [2.24, 2.45) is 0 Å². The Morgan fingerprint density at radius 2 is 1.95 bits per heavy atom. The fraction of sp³-hybridized carbons (Fsp3) is 0.500. The minimum absolute atomic E-state index is 0. The number of benzene rings is 1. The van der Waals surface area contributed by atoms with Crippen molar-refractivity contribution < 1.29 is 23.0 Å². The number of carbonyl (C=O) groups is 1. The normalized spacial score (nSPS) is 15.7. The number of fused-ring (bicyclic) bond motifs is 1. The van der Waals surface area contributed by atoms with Gasteiger partial charge in [-0.1, -0.05) is 31.5 Å². The van der Waals surface area contributed by atoms with Crippen LogP contribution in [0.5, 0.6) is 0 Å². The summed E-state index contributed by atoms with van der Waals surface area (Å²) < 4.78 is 5.83. The molecule has 3 nitrogen and oxygen atoms in total. The zero-order chi connectivity index (χ0) is 14.7. The average molecular weight is 322 g/mol. The number of carbonyl (C=O) groups excluding carboxylic acids is 1. The predicted octanol–water partition coefficient (Wildman–Crippen LogP) is 1.17. The Kier molecular flexibility index (Phi) is 6.04. The van der Waals surface area contributed by atoms with E-state index in [1.54, 1.807) is 0 Å². The molecule has 1 aromatic carbocycles. The predicted molar refractivity (Wildman–Crippen MR) is 85.9 cm³/mol.